The zero-order chi connectivity index (χ0) is 13.2. The lowest BCUT2D eigenvalue weighted by atomic mass is 10.4. The zero-order valence-electron chi connectivity index (χ0n) is 10.3. The van der Waals surface area contributed by atoms with Crippen molar-refractivity contribution in [3.05, 3.63) is 35.1 Å². The maximum absolute atomic E-state index is 9.43. The maximum Gasteiger partial charge on any atom is 0.215 e. The van der Waals surface area contributed by atoms with Gasteiger partial charge >= 0.3 is 0 Å². The van der Waals surface area contributed by atoms with Crippen LogP contribution in [0.25, 0.3) is 0 Å². The van der Waals surface area contributed by atoms with E-state index in [-0.39, 0.29) is 5.88 Å². The van der Waals surface area contributed by atoms with E-state index in [4.69, 9.17) is 0 Å². The van der Waals surface area contributed by atoms with Crippen LogP contribution in [0.1, 0.15) is 5.69 Å². The number of aliphatic imine (C=N–C) groups is 1. The highest BCUT2D eigenvalue weighted by molar-refractivity contribution is 8.16. The summed E-state index contributed by atoms with van der Waals surface area (Å²) in [4.78, 5) is 14.9. The normalized spacial score (nSPS) is 17.2. The molecule has 0 radical (unpaired) electrons. The van der Waals surface area contributed by atoms with Gasteiger partial charge in [0.25, 0.3) is 0 Å². The third-order valence-electron chi connectivity index (χ3n) is 2.59. The van der Waals surface area contributed by atoms with Crippen molar-refractivity contribution in [2.24, 2.45) is 4.99 Å². The molecule has 0 atom stereocenters. The predicted molar refractivity (Wildman–Crippen MR) is 78.1 cm³/mol. The van der Waals surface area contributed by atoms with Gasteiger partial charge in [0.2, 0.25) is 5.88 Å². The summed E-state index contributed by atoms with van der Waals surface area (Å²) in [5.41, 5.74) is 1.79. The lowest BCUT2D eigenvalue weighted by molar-refractivity contribution is 0.444. The van der Waals surface area contributed by atoms with Crippen molar-refractivity contribution in [2.75, 3.05) is 12.3 Å². The fraction of sp³-hybridized carbons (Fsp3) is 0.250. The number of aromatic hydroxyl groups is 1. The van der Waals surface area contributed by atoms with Gasteiger partial charge in [0.1, 0.15) is 0 Å². The second kappa shape index (κ2) is 5.26. The second-order valence-corrected chi connectivity index (χ2v) is 5.90. The Morgan fingerprint density at radius 2 is 2.37 bits per heavy atom. The van der Waals surface area contributed by atoms with Gasteiger partial charge in [0.05, 0.1) is 5.70 Å². The van der Waals surface area contributed by atoms with Crippen LogP contribution in [0.5, 0.6) is 5.88 Å². The molecular formula is C12H12N4OS2. The first-order chi connectivity index (χ1) is 9.20. The molecule has 0 amide bonds. The fourth-order valence-electron chi connectivity index (χ4n) is 1.72. The van der Waals surface area contributed by atoms with Gasteiger partial charge in [-0.1, -0.05) is 23.5 Å². The Labute approximate surface area is 119 Å². The minimum Gasteiger partial charge on any atom is -0.493 e. The van der Waals surface area contributed by atoms with Crippen LogP contribution in [0, 0.1) is 6.92 Å². The minimum atomic E-state index is 0.0145. The molecule has 0 saturated heterocycles. The molecule has 1 aromatic rings. The van der Waals surface area contributed by atoms with Gasteiger partial charge in [0.15, 0.2) is 10.3 Å². The average Bonchev–Trinajstić information content (AvgIpc) is 2.82. The van der Waals surface area contributed by atoms with Crippen LogP contribution in [0.2, 0.25) is 0 Å². The first-order valence-corrected chi connectivity index (χ1v) is 7.62. The molecule has 7 heteroatoms. The monoisotopic (exact) mass is 292 g/mol. The van der Waals surface area contributed by atoms with Crippen molar-refractivity contribution < 1.29 is 5.11 Å². The molecule has 3 heterocycles. The molecule has 1 aromatic heterocycles. The second-order valence-electron chi connectivity index (χ2n) is 4.08. The van der Waals surface area contributed by atoms with Crippen LogP contribution in [0.4, 0.5) is 0 Å². The number of nitrogens with zero attached hydrogens (tertiary/aromatic N) is 4. The minimum absolute atomic E-state index is 0.0145. The summed E-state index contributed by atoms with van der Waals surface area (Å²) in [6, 6.07) is 1.54. The Kier molecular flexibility index (Phi) is 3.48. The molecule has 0 unspecified atom stereocenters. The topological polar surface area (TPSA) is 61.6 Å². The van der Waals surface area contributed by atoms with E-state index in [9.17, 15) is 5.11 Å². The van der Waals surface area contributed by atoms with E-state index in [1.807, 2.05) is 18.5 Å². The molecule has 0 saturated carbocycles. The molecule has 0 fully saturated rings. The summed E-state index contributed by atoms with van der Waals surface area (Å²) in [6.07, 6.45) is 4.13. The maximum atomic E-state index is 9.43. The molecule has 5 nitrogen and oxygen atoms in total. The first kappa shape index (κ1) is 12.6. The van der Waals surface area contributed by atoms with Crippen LogP contribution in [-0.4, -0.2) is 37.4 Å². The lowest BCUT2D eigenvalue weighted by Gasteiger charge is -2.19. The number of rotatable bonds is 3. The van der Waals surface area contributed by atoms with Crippen LogP contribution >= 0.6 is 23.5 Å². The van der Waals surface area contributed by atoms with Crippen molar-refractivity contribution in [1.29, 1.82) is 0 Å². The number of amidine groups is 1. The Balaban J connectivity index is 1.65. The quantitative estimate of drug-likeness (QED) is 0.681. The van der Waals surface area contributed by atoms with Crippen LogP contribution in [0.15, 0.2) is 39.6 Å². The van der Waals surface area contributed by atoms with E-state index in [0.717, 1.165) is 23.1 Å². The van der Waals surface area contributed by atoms with Gasteiger partial charge in [-0.15, -0.1) is 0 Å². The molecule has 0 aromatic carbocycles. The molecule has 0 spiro atoms. The van der Waals surface area contributed by atoms with E-state index in [1.165, 1.54) is 11.8 Å². The molecule has 0 aliphatic carbocycles. The van der Waals surface area contributed by atoms with Gasteiger partial charge in [-0.25, -0.2) is 9.98 Å². The van der Waals surface area contributed by atoms with E-state index < -0.39 is 0 Å². The summed E-state index contributed by atoms with van der Waals surface area (Å²) in [7, 11) is 0. The molecule has 1 N–H and O–H groups in total. The van der Waals surface area contributed by atoms with Crippen LogP contribution < -0.4 is 0 Å². The zero-order valence-corrected chi connectivity index (χ0v) is 11.9. The summed E-state index contributed by atoms with van der Waals surface area (Å²) in [6.45, 7) is 2.70. The third-order valence-corrected chi connectivity index (χ3v) is 4.27. The Hall–Kier alpha value is -1.47. The summed E-state index contributed by atoms with van der Waals surface area (Å²) in [5.74, 6) is 0.724. The SMILES string of the molecule is Cc1cc(O)nc(SCC2=CCN3C=CSC3=N2)n1. The standard InChI is InChI=1S/C12H12N4OS2/c1-8-6-10(17)15-11(13-8)19-7-9-2-3-16-4-5-18-12(16)14-9/h2,4-6H,3,7H2,1H3,(H,13,15,17). The van der Waals surface area contributed by atoms with Gasteiger partial charge in [-0.2, -0.15) is 4.98 Å². The van der Waals surface area contributed by atoms with Crippen molar-refractivity contribution in [2.45, 2.75) is 12.1 Å². The fourth-order valence-corrected chi connectivity index (χ4v) is 3.31. The third kappa shape index (κ3) is 2.93. The van der Waals surface area contributed by atoms with Crippen molar-refractivity contribution in [1.82, 2.24) is 14.9 Å². The smallest absolute Gasteiger partial charge is 0.215 e. The highest BCUT2D eigenvalue weighted by Gasteiger charge is 2.17. The molecule has 19 heavy (non-hydrogen) atoms. The largest absolute Gasteiger partial charge is 0.493 e. The number of hydrogen-bond acceptors (Lipinski definition) is 7. The molecule has 2 aliphatic rings. The molecule has 0 bridgehead atoms. The molecule has 98 valence electrons. The van der Waals surface area contributed by atoms with Gasteiger partial charge in [-0.3, -0.25) is 0 Å². The summed E-state index contributed by atoms with van der Waals surface area (Å²) in [5, 5.41) is 13.1. The Bertz CT molecular complexity index is 577. The molecule has 2 aliphatic heterocycles. The van der Waals surface area contributed by atoms with Crippen molar-refractivity contribution in [3.8, 4) is 5.88 Å². The number of hydrogen-bond donors (Lipinski definition) is 1. The van der Waals surface area contributed by atoms with Gasteiger partial charge in [-0.05, 0) is 18.4 Å². The summed E-state index contributed by atoms with van der Waals surface area (Å²) < 4.78 is 0. The van der Waals surface area contributed by atoms with Crippen molar-refractivity contribution in [3.63, 3.8) is 0 Å². The number of aryl methyl sites for hydroxylation is 1. The molecular weight excluding hydrogens is 280 g/mol. The lowest BCUT2D eigenvalue weighted by Crippen LogP contribution is -2.23. The van der Waals surface area contributed by atoms with Gasteiger partial charge in [0, 0.05) is 30.3 Å². The van der Waals surface area contributed by atoms with E-state index >= 15 is 0 Å². The van der Waals surface area contributed by atoms with E-state index in [2.05, 4.69) is 25.9 Å². The summed E-state index contributed by atoms with van der Waals surface area (Å²) >= 11 is 3.11. The Morgan fingerprint density at radius 3 is 3.21 bits per heavy atom. The predicted octanol–water partition coefficient (Wildman–Crippen LogP) is 2.36. The van der Waals surface area contributed by atoms with E-state index in [1.54, 1.807) is 17.8 Å². The Morgan fingerprint density at radius 1 is 1.47 bits per heavy atom. The highest BCUT2D eigenvalue weighted by Crippen LogP contribution is 2.27. The van der Waals surface area contributed by atoms with E-state index in [0.29, 0.717) is 10.9 Å². The highest BCUT2D eigenvalue weighted by atomic mass is 32.2. The molecule has 3 rings (SSSR count). The first-order valence-electron chi connectivity index (χ1n) is 5.76. The number of aromatic nitrogens is 2. The van der Waals surface area contributed by atoms with Gasteiger partial charge < -0.3 is 10.0 Å². The number of fused-ring (bicyclic) bond motifs is 1. The van der Waals surface area contributed by atoms with Crippen LogP contribution in [-0.2, 0) is 0 Å². The number of thioether (sulfide) groups is 2. The average molecular weight is 292 g/mol. The van der Waals surface area contributed by atoms with Crippen molar-refractivity contribution >= 4 is 28.7 Å². The van der Waals surface area contributed by atoms with Crippen LogP contribution in [0.3, 0.4) is 0 Å².